The van der Waals surface area contributed by atoms with E-state index in [0.717, 1.165) is 6.42 Å². The largest absolute Gasteiger partial charge is 0.494 e. The zero-order valence-corrected chi connectivity index (χ0v) is 9.50. The van der Waals surface area contributed by atoms with E-state index >= 15 is 0 Å². The summed E-state index contributed by atoms with van der Waals surface area (Å²) in [5.74, 6) is 1.12. The van der Waals surface area contributed by atoms with Crippen LogP contribution in [0.2, 0.25) is 0 Å². The van der Waals surface area contributed by atoms with Crippen molar-refractivity contribution in [1.82, 2.24) is 0 Å². The molecule has 1 aliphatic heterocycles. The summed E-state index contributed by atoms with van der Waals surface area (Å²) < 4.78 is 33.4. The highest BCUT2D eigenvalue weighted by atomic mass is 32.2. The van der Waals surface area contributed by atoms with Gasteiger partial charge >= 0.3 is 0 Å². The van der Waals surface area contributed by atoms with Crippen LogP contribution in [0.5, 0.6) is 0 Å². The minimum absolute atomic E-state index is 0.0444. The van der Waals surface area contributed by atoms with Crippen LogP contribution in [0.1, 0.15) is 12.8 Å². The third-order valence-corrected chi connectivity index (χ3v) is 3.20. The van der Waals surface area contributed by atoms with Gasteiger partial charge in [0.25, 0.3) is 0 Å². The van der Waals surface area contributed by atoms with Crippen molar-refractivity contribution in [2.24, 2.45) is 5.14 Å². The summed E-state index contributed by atoms with van der Waals surface area (Å²) in [6.45, 7) is 1.11. The van der Waals surface area contributed by atoms with Crippen molar-refractivity contribution < 1.29 is 17.9 Å². The Balaban J connectivity index is 2.40. The highest BCUT2D eigenvalue weighted by Gasteiger charge is 2.18. The summed E-state index contributed by atoms with van der Waals surface area (Å²) >= 11 is 0. The van der Waals surface area contributed by atoms with Gasteiger partial charge < -0.3 is 9.47 Å². The van der Waals surface area contributed by atoms with Gasteiger partial charge in [0, 0.05) is 18.9 Å². The maximum Gasteiger partial charge on any atom is 0.238 e. The van der Waals surface area contributed by atoms with Crippen LogP contribution in [0, 0.1) is 0 Å². The molecule has 0 aromatic rings. The predicted molar refractivity (Wildman–Crippen MR) is 58.5 cm³/mol. The van der Waals surface area contributed by atoms with Gasteiger partial charge in [-0.1, -0.05) is 6.08 Å². The Bertz CT molecular complexity index is 473. The molecule has 1 heterocycles. The van der Waals surface area contributed by atoms with Gasteiger partial charge in [-0.3, -0.25) is 0 Å². The highest BCUT2D eigenvalue weighted by molar-refractivity contribution is 7.93. The molecule has 0 aromatic carbocycles. The summed E-state index contributed by atoms with van der Waals surface area (Å²) in [6, 6.07) is 0. The summed E-state index contributed by atoms with van der Waals surface area (Å²) in [5, 5.41) is 5.07. The van der Waals surface area contributed by atoms with Crippen molar-refractivity contribution in [3.8, 4) is 0 Å². The van der Waals surface area contributed by atoms with Crippen LogP contribution in [0.15, 0.2) is 34.7 Å². The first-order valence-electron chi connectivity index (χ1n) is 4.97. The second-order valence-corrected chi connectivity index (χ2v) is 5.10. The van der Waals surface area contributed by atoms with Gasteiger partial charge in [-0.2, -0.15) is 0 Å². The minimum Gasteiger partial charge on any atom is -0.494 e. The van der Waals surface area contributed by atoms with Crippen LogP contribution in [0.3, 0.4) is 0 Å². The molecule has 0 amide bonds. The Morgan fingerprint density at radius 1 is 1.25 bits per heavy atom. The lowest BCUT2D eigenvalue weighted by Crippen LogP contribution is -2.13. The van der Waals surface area contributed by atoms with E-state index in [4.69, 9.17) is 14.6 Å². The normalized spacial score (nSPS) is 21.2. The molecule has 0 radical (unpaired) electrons. The van der Waals surface area contributed by atoms with E-state index in [2.05, 4.69) is 0 Å². The van der Waals surface area contributed by atoms with Crippen molar-refractivity contribution in [2.75, 3.05) is 13.2 Å². The second-order valence-electron chi connectivity index (χ2n) is 3.54. The van der Waals surface area contributed by atoms with Crippen LogP contribution in [-0.2, 0) is 19.5 Å². The van der Waals surface area contributed by atoms with Crippen LogP contribution < -0.4 is 5.14 Å². The molecule has 0 fully saturated rings. The standard InChI is InChI=1S/C10H13NO4S/c11-16(12,13)8-3-1-4-9-10(7-8)15-6-2-5-14-9/h1,3,7H,2,4-6H2,(H2,11,12,13). The molecule has 2 N–H and O–H groups in total. The van der Waals surface area contributed by atoms with Crippen LogP contribution in [-0.4, -0.2) is 21.6 Å². The molecule has 0 unspecified atom stereocenters. The first kappa shape index (κ1) is 11.2. The number of rotatable bonds is 1. The van der Waals surface area contributed by atoms with E-state index in [1.165, 1.54) is 12.2 Å². The average molecular weight is 243 g/mol. The molecule has 0 atom stereocenters. The molecular formula is C10H13NO4S. The lowest BCUT2D eigenvalue weighted by molar-refractivity contribution is 0.206. The molecule has 6 heteroatoms. The van der Waals surface area contributed by atoms with Gasteiger partial charge in [0.1, 0.15) is 5.76 Å². The molecule has 1 aliphatic carbocycles. The number of allylic oxidation sites excluding steroid dienone is 3. The fourth-order valence-corrected chi connectivity index (χ4v) is 2.06. The summed E-state index contributed by atoms with van der Waals surface area (Å²) in [5.41, 5.74) is 0. The number of ether oxygens (including phenoxy) is 2. The molecule has 2 rings (SSSR count). The van der Waals surface area contributed by atoms with Gasteiger partial charge in [-0.15, -0.1) is 0 Å². The SMILES string of the molecule is NS(=O)(=O)C1=CC2=C(CC=C1)OCCCO2. The monoisotopic (exact) mass is 243 g/mol. The van der Waals surface area contributed by atoms with Crippen molar-refractivity contribution in [2.45, 2.75) is 12.8 Å². The minimum atomic E-state index is -3.71. The Morgan fingerprint density at radius 2 is 2.00 bits per heavy atom. The first-order valence-corrected chi connectivity index (χ1v) is 6.52. The van der Waals surface area contributed by atoms with Gasteiger partial charge in [-0.25, -0.2) is 13.6 Å². The molecule has 5 nitrogen and oxygen atoms in total. The van der Waals surface area contributed by atoms with E-state index in [0.29, 0.717) is 31.2 Å². The number of sulfonamides is 1. The maximum absolute atomic E-state index is 11.2. The van der Waals surface area contributed by atoms with Crippen molar-refractivity contribution in [3.05, 3.63) is 34.7 Å². The number of primary sulfonamides is 1. The highest BCUT2D eigenvalue weighted by Crippen LogP contribution is 2.24. The molecule has 16 heavy (non-hydrogen) atoms. The van der Waals surface area contributed by atoms with Crippen LogP contribution >= 0.6 is 0 Å². The quantitative estimate of drug-likeness (QED) is 0.737. The lowest BCUT2D eigenvalue weighted by atomic mass is 10.3. The van der Waals surface area contributed by atoms with Gasteiger partial charge in [-0.05, 0) is 6.08 Å². The number of hydrogen-bond donors (Lipinski definition) is 1. The smallest absolute Gasteiger partial charge is 0.238 e. The number of nitrogens with two attached hydrogens (primary N) is 1. The molecule has 0 aromatic heterocycles. The maximum atomic E-state index is 11.2. The van der Waals surface area contributed by atoms with Crippen LogP contribution in [0.4, 0.5) is 0 Å². The van der Waals surface area contributed by atoms with E-state index in [1.54, 1.807) is 6.08 Å². The Morgan fingerprint density at radius 3 is 2.75 bits per heavy atom. The summed E-state index contributed by atoms with van der Waals surface area (Å²) in [6.07, 6.45) is 5.89. The third kappa shape index (κ3) is 2.45. The van der Waals surface area contributed by atoms with E-state index < -0.39 is 10.0 Å². The van der Waals surface area contributed by atoms with Crippen LogP contribution in [0.25, 0.3) is 0 Å². The fraction of sp³-hybridized carbons (Fsp3) is 0.400. The van der Waals surface area contributed by atoms with Gasteiger partial charge in [0.05, 0.1) is 18.1 Å². The van der Waals surface area contributed by atoms with E-state index in [9.17, 15) is 8.42 Å². The molecular weight excluding hydrogens is 230 g/mol. The molecule has 0 saturated carbocycles. The Kier molecular flexibility index (Phi) is 3.02. The molecule has 0 saturated heterocycles. The van der Waals surface area contributed by atoms with Crippen molar-refractivity contribution in [1.29, 1.82) is 0 Å². The Labute approximate surface area is 94.3 Å². The average Bonchev–Trinajstić information content (AvgIpc) is 2.49. The third-order valence-electron chi connectivity index (χ3n) is 2.28. The fourth-order valence-electron chi connectivity index (χ4n) is 1.51. The summed E-state index contributed by atoms with van der Waals surface area (Å²) in [7, 11) is -3.71. The van der Waals surface area contributed by atoms with Gasteiger partial charge in [0.2, 0.25) is 10.0 Å². The van der Waals surface area contributed by atoms with E-state index in [-0.39, 0.29) is 4.91 Å². The number of hydrogen-bond acceptors (Lipinski definition) is 4. The molecule has 0 spiro atoms. The van der Waals surface area contributed by atoms with Gasteiger partial charge in [0.15, 0.2) is 5.76 Å². The Hall–Kier alpha value is -1.27. The zero-order chi connectivity index (χ0) is 11.6. The predicted octanol–water partition coefficient (Wildman–Crippen LogP) is 0.767. The first-order chi connectivity index (χ1) is 7.57. The molecule has 2 aliphatic rings. The van der Waals surface area contributed by atoms with Crippen molar-refractivity contribution >= 4 is 10.0 Å². The lowest BCUT2D eigenvalue weighted by Gasteiger charge is -2.07. The topological polar surface area (TPSA) is 78.6 Å². The van der Waals surface area contributed by atoms with Crippen molar-refractivity contribution in [3.63, 3.8) is 0 Å². The summed E-state index contributed by atoms with van der Waals surface area (Å²) in [4.78, 5) is 0.0444. The molecule has 0 bridgehead atoms. The second kappa shape index (κ2) is 4.31. The van der Waals surface area contributed by atoms with E-state index in [1.807, 2.05) is 0 Å². The molecule has 88 valence electrons. The zero-order valence-electron chi connectivity index (χ0n) is 8.68.